The average molecular weight is 245 g/mol. The van der Waals surface area contributed by atoms with E-state index in [2.05, 4.69) is 12.6 Å². The molecule has 0 aliphatic carbocycles. The van der Waals surface area contributed by atoms with E-state index in [1.165, 1.54) is 0 Å². The van der Waals surface area contributed by atoms with E-state index in [0.29, 0.717) is 32.2 Å². The van der Waals surface area contributed by atoms with E-state index in [-0.39, 0.29) is 5.92 Å². The molecule has 0 amide bonds. The molecule has 0 saturated heterocycles. The van der Waals surface area contributed by atoms with Crippen LogP contribution in [0.4, 0.5) is 0 Å². The maximum absolute atomic E-state index is 12.1. The van der Waals surface area contributed by atoms with Crippen LogP contribution in [-0.2, 0) is 13.6 Å². The number of hydrogen-bond acceptors (Lipinski definition) is 4. The second kappa shape index (κ2) is 8.52. The van der Waals surface area contributed by atoms with Gasteiger partial charge >= 0.3 is 7.60 Å². The monoisotopic (exact) mass is 245 g/mol. The van der Waals surface area contributed by atoms with Gasteiger partial charge in [-0.05, 0) is 26.7 Å². The Balaban J connectivity index is 4.25. The SMILES string of the molecule is C=CCC(C#N)CCP(=O)(OCC)OCC. The summed E-state index contributed by atoms with van der Waals surface area (Å²) in [5, 5.41) is 8.84. The van der Waals surface area contributed by atoms with Gasteiger partial charge in [0.1, 0.15) is 0 Å². The predicted molar refractivity (Wildman–Crippen MR) is 64.3 cm³/mol. The highest BCUT2D eigenvalue weighted by Gasteiger charge is 2.24. The summed E-state index contributed by atoms with van der Waals surface area (Å²) in [5.41, 5.74) is 0. The van der Waals surface area contributed by atoms with Crippen LogP contribution in [0.15, 0.2) is 12.7 Å². The second-order valence-electron chi connectivity index (χ2n) is 3.31. The molecular formula is C11H20NO3P. The molecular weight excluding hydrogens is 225 g/mol. The van der Waals surface area contributed by atoms with Crippen LogP contribution in [-0.4, -0.2) is 19.4 Å². The van der Waals surface area contributed by atoms with Crippen molar-refractivity contribution in [3.63, 3.8) is 0 Å². The largest absolute Gasteiger partial charge is 0.330 e. The maximum Gasteiger partial charge on any atom is 0.330 e. The quantitative estimate of drug-likeness (QED) is 0.461. The van der Waals surface area contributed by atoms with Crippen molar-refractivity contribution in [3.05, 3.63) is 12.7 Å². The number of nitriles is 1. The lowest BCUT2D eigenvalue weighted by atomic mass is 10.1. The van der Waals surface area contributed by atoms with Crippen molar-refractivity contribution in [1.82, 2.24) is 0 Å². The lowest BCUT2D eigenvalue weighted by molar-refractivity contribution is 0.219. The van der Waals surface area contributed by atoms with Gasteiger partial charge in [-0.3, -0.25) is 4.57 Å². The summed E-state index contributed by atoms with van der Waals surface area (Å²) in [7, 11) is -3.00. The van der Waals surface area contributed by atoms with E-state index in [4.69, 9.17) is 14.3 Å². The van der Waals surface area contributed by atoms with E-state index in [9.17, 15) is 4.57 Å². The van der Waals surface area contributed by atoms with Crippen LogP contribution >= 0.6 is 7.60 Å². The Morgan fingerprint density at radius 3 is 2.38 bits per heavy atom. The molecule has 0 aromatic rings. The van der Waals surface area contributed by atoms with Crippen LogP contribution < -0.4 is 0 Å². The molecule has 0 saturated carbocycles. The summed E-state index contributed by atoms with van der Waals surface area (Å²) in [4.78, 5) is 0. The smallest absolute Gasteiger partial charge is 0.309 e. The molecule has 0 fully saturated rings. The molecule has 0 rings (SSSR count). The maximum atomic E-state index is 12.1. The first-order valence-electron chi connectivity index (χ1n) is 5.50. The van der Waals surface area contributed by atoms with Gasteiger partial charge in [-0.2, -0.15) is 5.26 Å². The lowest BCUT2D eigenvalue weighted by Gasteiger charge is -2.17. The average Bonchev–Trinajstić information content (AvgIpc) is 2.25. The Labute approximate surface area is 97.8 Å². The molecule has 0 heterocycles. The Morgan fingerprint density at radius 2 is 2.00 bits per heavy atom. The Hall–Kier alpha value is -0.620. The summed E-state index contributed by atoms with van der Waals surface area (Å²) >= 11 is 0. The van der Waals surface area contributed by atoms with E-state index < -0.39 is 7.60 Å². The molecule has 0 aliphatic rings. The van der Waals surface area contributed by atoms with Crippen molar-refractivity contribution in [2.45, 2.75) is 26.7 Å². The Kier molecular flexibility index (Phi) is 8.19. The third-order valence-electron chi connectivity index (χ3n) is 2.04. The van der Waals surface area contributed by atoms with Gasteiger partial charge in [0, 0.05) is 0 Å². The third kappa shape index (κ3) is 6.07. The van der Waals surface area contributed by atoms with E-state index >= 15 is 0 Å². The van der Waals surface area contributed by atoms with Crippen molar-refractivity contribution in [3.8, 4) is 6.07 Å². The molecule has 0 N–H and O–H groups in total. The van der Waals surface area contributed by atoms with Crippen LogP contribution in [0.2, 0.25) is 0 Å². The standard InChI is InChI=1S/C11H20NO3P/c1-4-7-11(10-12)8-9-16(13,14-5-2)15-6-3/h4,11H,1,5-9H2,2-3H3. The van der Waals surface area contributed by atoms with Gasteiger partial charge in [-0.1, -0.05) is 6.08 Å². The minimum Gasteiger partial charge on any atom is -0.309 e. The normalized spacial score (nSPS) is 13.1. The summed E-state index contributed by atoms with van der Waals surface area (Å²) in [5.74, 6) is -0.160. The van der Waals surface area contributed by atoms with Crippen LogP contribution in [0.1, 0.15) is 26.7 Å². The van der Waals surface area contributed by atoms with Crippen molar-refractivity contribution in [1.29, 1.82) is 5.26 Å². The molecule has 0 aromatic heterocycles. The minimum absolute atomic E-state index is 0.160. The van der Waals surface area contributed by atoms with Crippen LogP contribution in [0.5, 0.6) is 0 Å². The van der Waals surface area contributed by atoms with Gasteiger partial charge in [-0.25, -0.2) is 0 Å². The van der Waals surface area contributed by atoms with Crippen molar-refractivity contribution in [2.24, 2.45) is 5.92 Å². The summed E-state index contributed by atoms with van der Waals surface area (Å²) < 4.78 is 22.3. The first-order valence-corrected chi connectivity index (χ1v) is 7.23. The molecule has 1 atom stereocenters. The zero-order valence-corrected chi connectivity index (χ0v) is 10.9. The summed E-state index contributed by atoms with van der Waals surface area (Å²) in [6.07, 6.45) is 3.11. The number of rotatable bonds is 9. The lowest BCUT2D eigenvalue weighted by Crippen LogP contribution is -2.05. The molecule has 5 heteroatoms. The third-order valence-corrected chi connectivity index (χ3v) is 4.15. The molecule has 16 heavy (non-hydrogen) atoms. The topological polar surface area (TPSA) is 59.3 Å². The van der Waals surface area contributed by atoms with Gasteiger partial charge in [0.05, 0.1) is 31.4 Å². The fourth-order valence-electron chi connectivity index (χ4n) is 1.31. The van der Waals surface area contributed by atoms with Crippen molar-refractivity contribution in [2.75, 3.05) is 19.4 Å². The zero-order valence-electron chi connectivity index (χ0n) is 10.0. The fraction of sp³-hybridized carbons (Fsp3) is 0.727. The van der Waals surface area contributed by atoms with Crippen molar-refractivity contribution < 1.29 is 13.6 Å². The first kappa shape index (κ1) is 15.4. The molecule has 4 nitrogen and oxygen atoms in total. The summed E-state index contributed by atoms with van der Waals surface area (Å²) in [6, 6.07) is 2.16. The highest BCUT2D eigenvalue weighted by atomic mass is 31.2. The van der Waals surface area contributed by atoms with E-state index in [0.717, 1.165) is 0 Å². The van der Waals surface area contributed by atoms with Gasteiger partial charge in [0.2, 0.25) is 0 Å². The summed E-state index contributed by atoms with van der Waals surface area (Å²) in [6.45, 7) is 7.85. The van der Waals surface area contributed by atoms with E-state index in [1.807, 2.05) is 0 Å². The predicted octanol–water partition coefficient (Wildman–Crippen LogP) is 3.36. The van der Waals surface area contributed by atoms with Crippen molar-refractivity contribution >= 4 is 7.60 Å². The van der Waals surface area contributed by atoms with Gasteiger partial charge in [0.15, 0.2) is 0 Å². The molecule has 0 aromatic carbocycles. The minimum atomic E-state index is -3.00. The number of allylic oxidation sites excluding steroid dienone is 1. The highest BCUT2D eigenvalue weighted by molar-refractivity contribution is 7.53. The van der Waals surface area contributed by atoms with Gasteiger partial charge in [0.25, 0.3) is 0 Å². The Bertz CT molecular complexity index is 275. The van der Waals surface area contributed by atoms with Crippen LogP contribution in [0.3, 0.4) is 0 Å². The van der Waals surface area contributed by atoms with Gasteiger partial charge < -0.3 is 9.05 Å². The van der Waals surface area contributed by atoms with Crippen LogP contribution in [0.25, 0.3) is 0 Å². The number of hydrogen-bond donors (Lipinski definition) is 0. The fourth-order valence-corrected chi connectivity index (χ4v) is 3.06. The molecule has 0 spiro atoms. The van der Waals surface area contributed by atoms with Crippen LogP contribution in [0, 0.1) is 17.2 Å². The van der Waals surface area contributed by atoms with Gasteiger partial charge in [-0.15, -0.1) is 6.58 Å². The molecule has 92 valence electrons. The molecule has 0 radical (unpaired) electrons. The Morgan fingerprint density at radius 1 is 1.44 bits per heavy atom. The number of nitrogens with zero attached hydrogens (tertiary/aromatic N) is 1. The first-order chi connectivity index (χ1) is 7.61. The highest BCUT2D eigenvalue weighted by Crippen LogP contribution is 2.49. The molecule has 0 aliphatic heterocycles. The second-order valence-corrected chi connectivity index (χ2v) is 5.49. The zero-order chi connectivity index (χ0) is 12.4. The van der Waals surface area contributed by atoms with E-state index in [1.54, 1.807) is 19.9 Å². The molecule has 1 unspecified atom stereocenters. The molecule has 0 bridgehead atoms.